The molecule has 6 nitrogen and oxygen atoms in total. The van der Waals surface area contributed by atoms with Gasteiger partial charge in [0.05, 0.1) is 67.5 Å². The zero-order valence-electron chi connectivity index (χ0n) is 56.7. The highest BCUT2D eigenvalue weighted by molar-refractivity contribution is 7.00. The zero-order valence-corrected chi connectivity index (χ0v) is 56.7. The summed E-state index contributed by atoms with van der Waals surface area (Å²) >= 11 is 0. The van der Waals surface area contributed by atoms with Gasteiger partial charge in [0, 0.05) is 77.4 Å². The maximum absolute atomic E-state index is 10.4. The molecule has 7 heteroatoms. The van der Waals surface area contributed by atoms with Crippen LogP contribution in [0.2, 0.25) is 0 Å². The molecule has 0 fully saturated rings. The first-order chi connectivity index (χ1) is 48.9. The number of hydrogen-bond donors (Lipinski definition) is 0. The Morgan fingerprint density at radius 3 is 1.27 bits per heavy atom. The number of benzene rings is 14. The number of nitrogens with zero attached hydrogens (tertiary/aromatic N) is 6. The van der Waals surface area contributed by atoms with Crippen molar-refractivity contribution in [3.63, 3.8) is 0 Å². The van der Waals surface area contributed by atoms with E-state index in [4.69, 9.17) is 0 Å². The van der Waals surface area contributed by atoms with Gasteiger partial charge in [-0.05, 0) is 158 Å². The average molecular weight is 1280 g/mol. The van der Waals surface area contributed by atoms with Crippen molar-refractivity contribution in [1.82, 2.24) is 13.7 Å². The molecule has 3 aromatic heterocycles. The van der Waals surface area contributed by atoms with Crippen LogP contribution in [0.25, 0.3) is 116 Å². The summed E-state index contributed by atoms with van der Waals surface area (Å²) in [6, 6.07) is 118. The third-order valence-corrected chi connectivity index (χ3v) is 21.3. The number of para-hydroxylation sites is 7. The van der Waals surface area contributed by atoms with Gasteiger partial charge in [-0.2, -0.15) is 5.26 Å². The van der Waals surface area contributed by atoms with Crippen molar-refractivity contribution in [2.24, 2.45) is 0 Å². The minimum Gasteiger partial charge on any atom is -0.311 e. The highest BCUT2D eigenvalue weighted by Crippen LogP contribution is 2.52. The standard InChI is InChI=1S/C93H69BN6/c1-92(2,3)63-46-51-84-74(54-63)73-52-59(58-95)44-50-83(73)96(84)65-47-49-76-87(57-65)99(78-38-20-14-31-67(78)61-28-11-8-12-29-61)89-56-64(93(4,5)6)55-88-90(89)94(76)75-48-45-62(53-86(75)98(88)77-37-19-13-30-66(77)60-26-9-7-10-27-60)68-36-25-43-85(97-79-39-21-15-32-69(79)70-33-16-22-40-80(70)97)91(68)100-81-41-23-17-34-71(81)72-35-18-24-42-82(72)100/h7-57H,1-6H3. The van der Waals surface area contributed by atoms with Crippen LogP contribution >= 0.6 is 0 Å². The molecule has 0 amide bonds. The van der Waals surface area contributed by atoms with Crippen LogP contribution in [0, 0.1) is 11.3 Å². The smallest absolute Gasteiger partial charge is 0.252 e. The Morgan fingerprint density at radius 1 is 0.290 bits per heavy atom. The molecular weight excluding hydrogens is 1210 g/mol. The molecule has 0 bridgehead atoms. The summed E-state index contributed by atoms with van der Waals surface area (Å²) in [4.78, 5) is 5.23. The summed E-state index contributed by atoms with van der Waals surface area (Å²) in [7, 11) is 0. The third kappa shape index (κ3) is 8.96. The molecule has 100 heavy (non-hydrogen) atoms. The lowest BCUT2D eigenvalue weighted by Gasteiger charge is -2.46. The van der Waals surface area contributed by atoms with Crippen molar-refractivity contribution in [1.29, 1.82) is 5.26 Å². The van der Waals surface area contributed by atoms with Gasteiger partial charge in [-0.25, -0.2) is 0 Å². The molecule has 5 heterocycles. The molecule has 17 aromatic rings. The lowest BCUT2D eigenvalue weighted by Crippen LogP contribution is -2.61. The van der Waals surface area contributed by atoms with E-state index in [1.54, 1.807) is 0 Å². The second-order valence-corrected chi connectivity index (χ2v) is 29.1. The third-order valence-electron chi connectivity index (χ3n) is 21.3. The molecule has 2 aliphatic rings. The summed E-state index contributed by atoms with van der Waals surface area (Å²) in [5.74, 6) is 0. The molecule has 0 unspecified atom stereocenters. The van der Waals surface area contributed by atoms with Crippen LogP contribution in [-0.4, -0.2) is 20.4 Å². The fourth-order valence-electron chi connectivity index (χ4n) is 16.7. The first-order valence-corrected chi connectivity index (χ1v) is 34.8. The molecule has 0 saturated carbocycles. The maximum Gasteiger partial charge on any atom is 0.252 e. The first kappa shape index (κ1) is 58.9. The number of hydrogen-bond acceptors (Lipinski definition) is 3. The normalized spacial score (nSPS) is 12.8. The van der Waals surface area contributed by atoms with Crippen molar-refractivity contribution in [2.45, 2.75) is 52.4 Å². The Hall–Kier alpha value is -12.4. The van der Waals surface area contributed by atoms with Crippen molar-refractivity contribution < 1.29 is 0 Å². The first-order valence-electron chi connectivity index (χ1n) is 34.8. The van der Waals surface area contributed by atoms with Gasteiger partial charge in [0.1, 0.15) is 0 Å². The fourth-order valence-corrected chi connectivity index (χ4v) is 16.7. The van der Waals surface area contributed by atoms with E-state index < -0.39 is 0 Å². The monoisotopic (exact) mass is 1280 g/mol. The van der Waals surface area contributed by atoms with Crippen molar-refractivity contribution in [3.8, 4) is 56.5 Å². The Morgan fingerprint density at radius 2 is 0.730 bits per heavy atom. The molecular formula is C93H69BN6. The highest BCUT2D eigenvalue weighted by atomic mass is 15.2. The minimum absolute atomic E-state index is 0.0888. The van der Waals surface area contributed by atoms with Crippen molar-refractivity contribution in [3.05, 3.63) is 326 Å². The minimum atomic E-state index is -0.290. The Bertz CT molecular complexity index is 6180. The molecule has 19 rings (SSSR count). The molecule has 0 atom stereocenters. The Labute approximate surface area is 582 Å². The van der Waals surface area contributed by atoms with Gasteiger partial charge in [-0.3, -0.25) is 0 Å². The number of aromatic nitrogens is 3. The van der Waals surface area contributed by atoms with E-state index >= 15 is 0 Å². The van der Waals surface area contributed by atoms with Gasteiger partial charge in [-0.1, -0.05) is 248 Å². The van der Waals surface area contributed by atoms with Crippen LogP contribution < -0.4 is 26.2 Å². The van der Waals surface area contributed by atoms with Crippen molar-refractivity contribution >= 4 is 123 Å². The molecule has 0 radical (unpaired) electrons. The molecule has 0 N–H and O–H groups in total. The average Bonchev–Trinajstić information content (AvgIpc) is 0.924. The molecule has 2 aliphatic heterocycles. The van der Waals surface area contributed by atoms with Crippen LogP contribution in [0.3, 0.4) is 0 Å². The summed E-state index contributed by atoms with van der Waals surface area (Å²) < 4.78 is 7.47. The second-order valence-electron chi connectivity index (χ2n) is 29.1. The van der Waals surface area contributed by atoms with Gasteiger partial charge < -0.3 is 23.5 Å². The number of fused-ring (bicyclic) bond motifs is 13. The maximum atomic E-state index is 10.4. The van der Waals surface area contributed by atoms with Crippen LogP contribution in [0.4, 0.5) is 34.1 Å². The van der Waals surface area contributed by atoms with E-state index in [0.717, 1.165) is 128 Å². The summed E-state index contributed by atoms with van der Waals surface area (Å²) in [6.45, 7) is 13.7. The number of anilines is 6. The SMILES string of the molecule is CC(C)(C)c1cc2c3c(c1)N(c1ccccc1-c1ccccc1)c1cc(-n4c5ccc(C#N)cc5c5cc(C(C)(C)C)ccc54)ccc1B3c1ccc(-c3cccc(-n4c5ccccc5c5ccccc54)c3-n3c4ccccc4c4ccccc43)cc1N2c1ccccc1-c1ccccc1. The predicted octanol–water partition coefficient (Wildman–Crippen LogP) is 22.5. The second kappa shape index (κ2) is 22.3. The number of rotatable bonds is 8. The quantitative estimate of drug-likeness (QED) is 0.142. The zero-order chi connectivity index (χ0) is 67.3. The van der Waals surface area contributed by atoms with E-state index in [-0.39, 0.29) is 17.5 Å². The molecule has 0 saturated heterocycles. The van der Waals surface area contributed by atoms with Gasteiger partial charge in [0.15, 0.2) is 0 Å². The van der Waals surface area contributed by atoms with Crippen LogP contribution in [0.5, 0.6) is 0 Å². The van der Waals surface area contributed by atoms with Gasteiger partial charge in [0.25, 0.3) is 6.71 Å². The van der Waals surface area contributed by atoms with Crippen LogP contribution in [0.1, 0.15) is 58.2 Å². The van der Waals surface area contributed by atoms with E-state index in [1.165, 1.54) is 49.1 Å². The Kier molecular flexibility index (Phi) is 13.2. The predicted molar refractivity (Wildman–Crippen MR) is 422 cm³/mol. The van der Waals surface area contributed by atoms with Gasteiger partial charge in [-0.15, -0.1) is 0 Å². The van der Waals surface area contributed by atoms with Crippen LogP contribution in [-0.2, 0) is 10.8 Å². The lowest BCUT2D eigenvalue weighted by atomic mass is 9.33. The topological polar surface area (TPSA) is 45.1 Å². The molecule has 474 valence electrons. The summed E-state index contributed by atoms with van der Waals surface area (Å²) in [6.07, 6.45) is 0. The highest BCUT2D eigenvalue weighted by Gasteiger charge is 2.45. The largest absolute Gasteiger partial charge is 0.311 e. The summed E-state index contributed by atoms with van der Waals surface area (Å²) in [5, 5.41) is 17.5. The van der Waals surface area contributed by atoms with Gasteiger partial charge in [0.2, 0.25) is 0 Å². The number of nitriles is 1. The lowest BCUT2D eigenvalue weighted by molar-refractivity contribution is 0.590. The fraction of sp³-hybridized carbons (Fsp3) is 0.0860. The van der Waals surface area contributed by atoms with E-state index in [9.17, 15) is 5.26 Å². The molecule has 14 aromatic carbocycles. The van der Waals surface area contributed by atoms with Gasteiger partial charge >= 0.3 is 0 Å². The molecule has 0 aliphatic carbocycles. The van der Waals surface area contributed by atoms with Crippen LogP contribution in [0.15, 0.2) is 309 Å². The van der Waals surface area contributed by atoms with Crippen molar-refractivity contribution in [2.75, 3.05) is 9.80 Å². The Balaban J connectivity index is 0.934. The van der Waals surface area contributed by atoms with E-state index in [1.807, 2.05) is 6.07 Å². The van der Waals surface area contributed by atoms with E-state index in [2.05, 4.69) is 374 Å². The molecule has 0 spiro atoms. The van der Waals surface area contributed by atoms with E-state index in [0.29, 0.717) is 5.56 Å². The summed E-state index contributed by atoms with van der Waals surface area (Å²) in [5.41, 5.74) is 29.8.